The number of fused-ring (bicyclic) bond motifs is 3. The molecule has 0 fully saturated rings. The Bertz CT molecular complexity index is 1150. The Kier molecular flexibility index (Phi) is 4.17. The molecular weight excluding hydrogens is 381 g/mol. The minimum atomic E-state index is -4.40. The van der Waals surface area contributed by atoms with E-state index in [9.17, 15) is 17.4 Å². The van der Waals surface area contributed by atoms with Gasteiger partial charge in [0.05, 0.1) is 11.9 Å². The van der Waals surface area contributed by atoms with E-state index < -0.39 is 22.5 Å². The molecular formula is C16H13F3N6OS. The number of imidazole rings is 1. The number of aryl methyl sites for hydroxylation is 1. The lowest BCUT2D eigenvalue weighted by atomic mass is 10.1. The minimum Gasteiger partial charge on any atom is -0.340 e. The maximum atomic E-state index is 12.8. The third-order valence-corrected chi connectivity index (χ3v) is 4.79. The fraction of sp³-hybridized carbons (Fsp3) is 0.250. The van der Waals surface area contributed by atoms with Crippen LogP contribution in [0.4, 0.5) is 13.2 Å². The van der Waals surface area contributed by atoms with Crippen LogP contribution in [-0.2, 0) is 23.4 Å². The lowest BCUT2D eigenvalue weighted by Crippen LogP contribution is -2.08. The SMILES string of the molecule is CS(=O)CCc1nc2nc[nH]c2c2nc(-c3ccc(C(F)(F)F)cc3)nn12. The lowest BCUT2D eigenvalue weighted by molar-refractivity contribution is -0.137. The second kappa shape index (κ2) is 6.41. The topological polar surface area (TPSA) is 88.8 Å². The number of nitrogens with one attached hydrogen (secondary N) is 1. The first-order valence-corrected chi connectivity index (χ1v) is 9.62. The number of aromatic nitrogens is 6. The van der Waals surface area contributed by atoms with E-state index in [1.54, 1.807) is 6.26 Å². The van der Waals surface area contributed by atoms with Crippen LogP contribution in [0.15, 0.2) is 30.6 Å². The molecule has 4 rings (SSSR count). The summed E-state index contributed by atoms with van der Waals surface area (Å²) in [5.74, 6) is 1.20. The van der Waals surface area contributed by atoms with Gasteiger partial charge in [-0.2, -0.15) is 17.7 Å². The normalized spacial score (nSPS) is 13.5. The smallest absolute Gasteiger partial charge is 0.340 e. The zero-order chi connectivity index (χ0) is 19.2. The number of H-pyrrole nitrogens is 1. The van der Waals surface area contributed by atoms with E-state index in [4.69, 9.17) is 0 Å². The summed E-state index contributed by atoms with van der Waals surface area (Å²) in [6.07, 6.45) is -0.927. The fourth-order valence-corrected chi connectivity index (χ4v) is 3.16. The van der Waals surface area contributed by atoms with E-state index in [0.29, 0.717) is 40.4 Å². The van der Waals surface area contributed by atoms with Crippen LogP contribution in [0.3, 0.4) is 0 Å². The molecule has 0 saturated carbocycles. The molecule has 7 nitrogen and oxygen atoms in total. The number of halogens is 3. The van der Waals surface area contributed by atoms with E-state index in [2.05, 4.69) is 25.0 Å². The second-order valence-corrected chi connectivity index (χ2v) is 7.46. The molecule has 0 radical (unpaired) electrons. The highest BCUT2D eigenvalue weighted by Crippen LogP contribution is 2.30. The molecule has 1 aromatic carbocycles. The molecule has 0 aliphatic heterocycles. The van der Waals surface area contributed by atoms with E-state index >= 15 is 0 Å². The summed E-state index contributed by atoms with van der Waals surface area (Å²) in [5.41, 5.74) is 1.19. The Labute approximate surface area is 153 Å². The molecule has 0 saturated heterocycles. The molecule has 1 unspecified atom stereocenters. The first-order valence-electron chi connectivity index (χ1n) is 7.89. The van der Waals surface area contributed by atoms with Gasteiger partial charge in [0.15, 0.2) is 17.1 Å². The van der Waals surface area contributed by atoms with E-state index in [1.807, 2.05) is 0 Å². The summed E-state index contributed by atoms with van der Waals surface area (Å²) in [6.45, 7) is 0. The summed E-state index contributed by atoms with van der Waals surface area (Å²) in [7, 11) is -1.01. The first-order chi connectivity index (χ1) is 12.8. The standard InChI is InChI=1S/C16H13F3N6OS/c1-27(26)7-6-11-22-14-12(20-8-21-14)15-23-13(24-25(11)15)9-2-4-10(5-3-9)16(17,18)19/h2-5,8H,6-7H2,1H3,(H,20,21). The highest BCUT2D eigenvalue weighted by molar-refractivity contribution is 7.84. The number of hydrogen-bond acceptors (Lipinski definition) is 5. The Morgan fingerprint density at radius 3 is 2.59 bits per heavy atom. The van der Waals surface area contributed by atoms with Gasteiger partial charge in [-0.05, 0) is 12.1 Å². The Morgan fingerprint density at radius 2 is 1.93 bits per heavy atom. The summed E-state index contributed by atoms with van der Waals surface area (Å²) in [4.78, 5) is 15.9. The van der Waals surface area contributed by atoms with Gasteiger partial charge in [0.2, 0.25) is 0 Å². The number of alkyl halides is 3. The van der Waals surface area contributed by atoms with Crippen molar-refractivity contribution in [2.75, 3.05) is 12.0 Å². The summed E-state index contributed by atoms with van der Waals surface area (Å²) >= 11 is 0. The minimum absolute atomic E-state index is 0.270. The summed E-state index contributed by atoms with van der Waals surface area (Å²) in [6, 6.07) is 4.64. The average molecular weight is 394 g/mol. The van der Waals surface area contributed by atoms with E-state index in [1.165, 1.54) is 23.0 Å². The van der Waals surface area contributed by atoms with E-state index in [-0.39, 0.29) is 5.82 Å². The van der Waals surface area contributed by atoms with Gasteiger partial charge < -0.3 is 4.98 Å². The highest BCUT2D eigenvalue weighted by atomic mass is 32.2. The number of rotatable bonds is 4. The monoisotopic (exact) mass is 394 g/mol. The predicted molar refractivity (Wildman–Crippen MR) is 93.5 cm³/mol. The molecule has 140 valence electrons. The van der Waals surface area contributed by atoms with Crippen LogP contribution in [0.1, 0.15) is 11.4 Å². The molecule has 3 heterocycles. The van der Waals surface area contributed by atoms with Crippen molar-refractivity contribution in [1.29, 1.82) is 0 Å². The molecule has 0 bridgehead atoms. The number of aromatic amines is 1. The Morgan fingerprint density at radius 1 is 1.19 bits per heavy atom. The van der Waals surface area contributed by atoms with Crippen LogP contribution in [0.5, 0.6) is 0 Å². The molecule has 0 aliphatic rings. The van der Waals surface area contributed by atoms with Gasteiger partial charge in [-0.3, -0.25) is 4.21 Å². The molecule has 27 heavy (non-hydrogen) atoms. The van der Waals surface area contributed by atoms with Crippen molar-refractivity contribution >= 4 is 27.6 Å². The average Bonchev–Trinajstić information content (AvgIpc) is 3.25. The highest BCUT2D eigenvalue weighted by Gasteiger charge is 2.30. The first kappa shape index (κ1) is 17.6. The van der Waals surface area contributed by atoms with Crippen LogP contribution < -0.4 is 0 Å². The summed E-state index contributed by atoms with van der Waals surface area (Å²) < 4.78 is 51.2. The molecule has 4 aromatic rings. The van der Waals surface area contributed by atoms with Gasteiger partial charge in [-0.25, -0.2) is 15.0 Å². The predicted octanol–water partition coefficient (Wildman–Crippen LogP) is 2.61. The third-order valence-electron chi connectivity index (χ3n) is 4.01. The van der Waals surface area contributed by atoms with Crippen molar-refractivity contribution in [2.24, 2.45) is 0 Å². The molecule has 1 N–H and O–H groups in total. The third kappa shape index (κ3) is 3.29. The molecule has 11 heteroatoms. The van der Waals surface area contributed by atoms with Gasteiger partial charge in [0, 0.05) is 34.8 Å². The van der Waals surface area contributed by atoms with Gasteiger partial charge in [0.25, 0.3) is 0 Å². The van der Waals surface area contributed by atoms with Crippen molar-refractivity contribution in [3.63, 3.8) is 0 Å². The van der Waals surface area contributed by atoms with Crippen molar-refractivity contribution in [3.05, 3.63) is 42.0 Å². The largest absolute Gasteiger partial charge is 0.416 e. The summed E-state index contributed by atoms with van der Waals surface area (Å²) in [5, 5.41) is 4.40. The van der Waals surface area contributed by atoms with Crippen LogP contribution >= 0.6 is 0 Å². The maximum absolute atomic E-state index is 12.8. The lowest BCUT2D eigenvalue weighted by Gasteiger charge is -2.06. The van der Waals surface area contributed by atoms with Crippen LogP contribution in [0.2, 0.25) is 0 Å². The van der Waals surface area contributed by atoms with Crippen LogP contribution in [-0.4, -0.2) is 45.8 Å². The van der Waals surface area contributed by atoms with Crippen molar-refractivity contribution in [3.8, 4) is 11.4 Å². The van der Waals surface area contributed by atoms with Gasteiger partial charge in [0.1, 0.15) is 11.3 Å². The molecule has 0 aliphatic carbocycles. The van der Waals surface area contributed by atoms with Crippen LogP contribution in [0.25, 0.3) is 28.2 Å². The number of benzene rings is 1. The van der Waals surface area contributed by atoms with Gasteiger partial charge in [-0.1, -0.05) is 12.1 Å². The van der Waals surface area contributed by atoms with Crippen LogP contribution in [0, 0.1) is 0 Å². The number of nitrogens with zero attached hydrogens (tertiary/aromatic N) is 5. The second-order valence-electron chi connectivity index (χ2n) is 5.90. The fourth-order valence-electron chi connectivity index (χ4n) is 2.69. The molecule has 0 spiro atoms. The zero-order valence-corrected chi connectivity index (χ0v) is 14.8. The van der Waals surface area contributed by atoms with Crippen molar-refractivity contribution in [2.45, 2.75) is 12.6 Å². The Hall–Kier alpha value is -2.82. The molecule has 0 amide bonds. The molecule has 3 aromatic heterocycles. The van der Waals surface area contributed by atoms with E-state index in [0.717, 1.165) is 12.1 Å². The van der Waals surface area contributed by atoms with Crippen molar-refractivity contribution < 1.29 is 17.4 Å². The zero-order valence-electron chi connectivity index (χ0n) is 14.0. The quantitative estimate of drug-likeness (QED) is 0.575. The Balaban J connectivity index is 1.83. The maximum Gasteiger partial charge on any atom is 0.416 e. The number of hydrogen-bond donors (Lipinski definition) is 1. The van der Waals surface area contributed by atoms with Gasteiger partial charge >= 0.3 is 6.18 Å². The molecule has 1 atom stereocenters. The van der Waals surface area contributed by atoms with Gasteiger partial charge in [-0.15, -0.1) is 5.10 Å². The van der Waals surface area contributed by atoms with Crippen molar-refractivity contribution in [1.82, 2.24) is 29.5 Å².